The second-order valence-corrected chi connectivity index (χ2v) is 5.39. The molecule has 0 aromatic carbocycles. The molecule has 1 aliphatic rings. The quantitative estimate of drug-likeness (QED) is 0.755. The molecule has 0 spiro atoms. The van der Waals surface area contributed by atoms with Crippen molar-refractivity contribution in [2.45, 2.75) is 38.9 Å². The Balaban J connectivity index is 2.06. The van der Waals surface area contributed by atoms with E-state index in [4.69, 9.17) is 9.31 Å². The molecule has 2 heterocycles. The monoisotopic (exact) mass is 249 g/mol. The predicted octanol–water partition coefficient (Wildman–Crippen LogP) is 2.87. The van der Waals surface area contributed by atoms with E-state index >= 15 is 0 Å². The number of hydrogen-bond acceptors (Lipinski definition) is 3. The fraction of sp³-hybridized carbons (Fsp3) is 0.462. The Hall–Kier alpha value is -1.20. The summed E-state index contributed by atoms with van der Waals surface area (Å²) in [5.41, 5.74) is -0.0256. The van der Waals surface area contributed by atoms with Gasteiger partial charge in [0.2, 0.25) is 0 Å². The van der Waals surface area contributed by atoms with Crippen LogP contribution in [0.1, 0.15) is 33.4 Å². The maximum absolute atomic E-state index is 12.7. The molecule has 18 heavy (non-hydrogen) atoms. The minimum absolute atomic E-state index is 0.345. The van der Waals surface area contributed by atoms with Gasteiger partial charge in [-0.25, -0.2) is 4.39 Å². The van der Waals surface area contributed by atoms with E-state index in [1.165, 1.54) is 12.3 Å². The molecule has 1 aliphatic heterocycles. The molecular weight excluding hydrogens is 232 g/mol. The molecule has 0 amide bonds. The van der Waals surface area contributed by atoms with Crippen molar-refractivity contribution in [1.29, 1.82) is 0 Å². The van der Waals surface area contributed by atoms with Crippen LogP contribution in [0.15, 0.2) is 24.3 Å². The van der Waals surface area contributed by atoms with Gasteiger partial charge in [-0.3, -0.25) is 4.98 Å². The SMILES string of the molecule is CC1(C)OB(C=Cc2ccc(F)cn2)OC1(C)C. The Labute approximate surface area is 107 Å². The van der Waals surface area contributed by atoms with Gasteiger partial charge in [-0.05, 0) is 45.9 Å². The largest absolute Gasteiger partial charge is 0.487 e. The van der Waals surface area contributed by atoms with Gasteiger partial charge in [0.1, 0.15) is 5.82 Å². The molecule has 0 aliphatic carbocycles. The third-order valence-electron chi connectivity index (χ3n) is 3.45. The molecule has 0 unspecified atom stereocenters. The van der Waals surface area contributed by atoms with Gasteiger partial charge in [0.15, 0.2) is 0 Å². The van der Waals surface area contributed by atoms with Crippen molar-refractivity contribution < 1.29 is 13.7 Å². The molecule has 0 saturated carbocycles. The molecule has 3 nitrogen and oxygen atoms in total. The van der Waals surface area contributed by atoms with Crippen LogP contribution in [0, 0.1) is 5.82 Å². The van der Waals surface area contributed by atoms with Crippen molar-refractivity contribution in [3.63, 3.8) is 0 Å². The first-order valence-corrected chi connectivity index (χ1v) is 5.96. The number of halogens is 1. The summed E-state index contributed by atoms with van der Waals surface area (Å²) in [6, 6.07) is 2.98. The highest BCUT2D eigenvalue weighted by Crippen LogP contribution is 2.36. The highest BCUT2D eigenvalue weighted by Gasteiger charge is 2.49. The van der Waals surface area contributed by atoms with Crippen LogP contribution in [0.4, 0.5) is 4.39 Å². The van der Waals surface area contributed by atoms with Gasteiger partial charge in [0.25, 0.3) is 0 Å². The highest BCUT2D eigenvalue weighted by molar-refractivity contribution is 6.52. The number of pyridine rings is 1. The first-order chi connectivity index (χ1) is 8.30. The van der Waals surface area contributed by atoms with Crippen LogP contribution in [0.25, 0.3) is 6.08 Å². The van der Waals surface area contributed by atoms with Crippen LogP contribution in [-0.4, -0.2) is 23.3 Å². The lowest BCUT2D eigenvalue weighted by Crippen LogP contribution is -2.41. The Morgan fingerprint density at radius 1 is 1.17 bits per heavy atom. The fourth-order valence-electron chi connectivity index (χ4n) is 1.63. The molecule has 1 saturated heterocycles. The van der Waals surface area contributed by atoms with Crippen LogP contribution >= 0.6 is 0 Å². The van der Waals surface area contributed by atoms with Crippen molar-refractivity contribution in [3.8, 4) is 0 Å². The summed E-state index contributed by atoms with van der Waals surface area (Å²) >= 11 is 0. The Kier molecular flexibility index (Phi) is 3.30. The summed E-state index contributed by atoms with van der Waals surface area (Å²) in [6.45, 7) is 7.99. The van der Waals surface area contributed by atoms with Crippen LogP contribution in [0.5, 0.6) is 0 Å². The van der Waals surface area contributed by atoms with Gasteiger partial charge in [0.05, 0.1) is 23.1 Å². The summed E-state index contributed by atoms with van der Waals surface area (Å²) in [6.07, 6.45) is 2.95. The van der Waals surface area contributed by atoms with E-state index in [0.29, 0.717) is 5.69 Å². The Morgan fingerprint density at radius 2 is 1.78 bits per heavy atom. The summed E-state index contributed by atoms with van der Waals surface area (Å²) in [7, 11) is -0.401. The lowest BCUT2D eigenvalue weighted by Gasteiger charge is -2.32. The van der Waals surface area contributed by atoms with E-state index in [1.54, 1.807) is 18.1 Å². The molecule has 5 heteroatoms. The zero-order valence-electron chi connectivity index (χ0n) is 11.1. The molecule has 1 aromatic rings. The second kappa shape index (κ2) is 4.48. The van der Waals surface area contributed by atoms with Gasteiger partial charge in [0, 0.05) is 0 Å². The standard InChI is InChI=1S/C13H17BFNO2/c1-12(2)13(3,4)18-14(17-12)8-7-11-6-5-10(15)9-16-11/h5-9H,1-4H3. The van der Waals surface area contributed by atoms with E-state index in [9.17, 15) is 4.39 Å². The van der Waals surface area contributed by atoms with Crippen molar-refractivity contribution >= 4 is 13.2 Å². The molecule has 2 rings (SSSR count). The topological polar surface area (TPSA) is 31.4 Å². The highest BCUT2D eigenvalue weighted by atomic mass is 19.1. The van der Waals surface area contributed by atoms with Gasteiger partial charge >= 0.3 is 7.12 Å². The summed E-state index contributed by atoms with van der Waals surface area (Å²) in [5, 5.41) is 0. The lowest BCUT2D eigenvalue weighted by atomic mass is 9.90. The van der Waals surface area contributed by atoms with Crippen LogP contribution < -0.4 is 0 Å². The van der Waals surface area contributed by atoms with Crippen molar-refractivity contribution in [3.05, 3.63) is 35.8 Å². The molecule has 0 radical (unpaired) electrons. The van der Waals surface area contributed by atoms with Crippen LogP contribution in [0.3, 0.4) is 0 Å². The van der Waals surface area contributed by atoms with Crippen molar-refractivity contribution in [1.82, 2.24) is 4.98 Å². The smallest absolute Gasteiger partial charge is 0.400 e. The molecule has 0 N–H and O–H groups in total. The van der Waals surface area contributed by atoms with Crippen LogP contribution in [-0.2, 0) is 9.31 Å². The average molecular weight is 249 g/mol. The van der Waals surface area contributed by atoms with Gasteiger partial charge in [-0.15, -0.1) is 0 Å². The fourth-order valence-corrected chi connectivity index (χ4v) is 1.63. The normalized spacial score (nSPS) is 21.7. The van der Waals surface area contributed by atoms with E-state index < -0.39 is 7.12 Å². The van der Waals surface area contributed by atoms with Gasteiger partial charge in [-0.2, -0.15) is 0 Å². The van der Waals surface area contributed by atoms with E-state index in [1.807, 2.05) is 27.7 Å². The summed E-state index contributed by atoms with van der Waals surface area (Å²) in [5.74, 6) is 1.44. The number of rotatable bonds is 2. The van der Waals surface area contributed by atoms with E-state index in [0.717, 1.165) is 0 Å². The molecular formula is C13H17BFNO2. The zero-order chi connectivity index (χ0) is 13.4. The predicted molar refractivity (Wildman–Crippen MR) is 69.3 cm³/mol. The third-order valence-corrected chi connectivity index (χ3v) is 3.45. The number of hydrogen-bond donors (Lipinski definition) is 0. The van der Waals surface area contributed by atoms with E-state index in [-0.39, 0.29) is 17.0 Å². The minimum Gasteiger partial charge on any atom is -0.400 e. The average Bonchev–Trinajstić information content (AvgIpc) is 2.47. The minimum atomic E-state index is -0.401. The number of aromatic nitrogens is 1. The zero-order valence-corrected chi connectivity index (χ0v) is 11.1. The molecule has 1 fully saturated rings. The summed E-state index contributed by atoms with van der Waals surface area (Å²) < 4.78 is 24.3. The first kappa shape index (κ1) is 13.2. The maximum atomic E-state index is 12.7. The second-order valence-electron chi connectivity index (χ2n) is 5.39. The van der Waals surface area contributed by atoms with Crippen molar-refractivity contribution in [2.24, 2.45) is 0 Å². The van der Waals surface area contributed by atoms with Crippen LogP contribution in [0.2, 0.25) is 0 Å². The van der Waals surface area contributed by atoms with Gasteiger partial charge < -0.3 is 9.31 Å². The number of nitrogens with zero attached hydrogens (tertiary/aromatic N) is 1. The Morgan fingerprint density at radius 3 is 2.28 bits per heavy atom. The molecule has 96 valence electrons. The summed E-state index contributed by atoms with van der Waals surface area (Å²) in [4.78, 5) is 3.94. The third kappa shape index (κ3) is 2.62. The lowest BCUT2D eigenvalue weighted by molar-refractivity contribution is 0.00578. The maximum Gasteiger partial charge on any atom is 0.487 e. The molecule has 1 aromatic heterocycles. The van der Waals surface area contributed by atoms with Gasteiger partial charge in [-0.1, -0.05) is 5.98 Å². The van der Waals surface area contributed by atoms with E-state index in [2.05, 4.69) is 4.98 Å². The van der Waals surface area contributed by atoms with Crippen molar-refractivity contribution in [2.75, 3.05) is 0 Å². The Bertz CT molecular complexity index is 441. The first-order valence-electron chi connectivity index (χ1n) is 5.96. The molecule has 0 atom stereocenters. The molecule has 0 bridgehead atoms.